The third-order valence-electron chi connectivity index (χ3n) is 2.92. The Morgan fingerprint density at radius 2 is 1.90 bits per heavy atom. The highest BCUT2D eigenvalue weighted by Gasteiger charge is 2.02. The molecule has 0 heterocycles. The maximum atomic E-state index is 11.6. The Bertz CT molecular complexity index is 435. The van der Waals surface area contributed by atoms with Gasteiger partial charge >= 0.3 is 0 Å². The number of nitriles is 1. The molecule has 0 atom stereocenters. The highest BCUT2D eigenvalue weighted by atomic mass is 16.5. The number of nitrogens with one attached hydrogen (secondary N) is 1. The van der Waals surface area contributed by atoms with Gasteiger partial charge < -0.3 is 10.1 Å². The lowest BCUT2D eigenvalue weighted by Crippen LogP contribution is -2.18. The largest absolute Gasteiger partial charge is 0.372 e. The Morgan fingerprint density at radius 3 is 2.55 bits per heavy atom. The second kappa shape index (κ2) is 9.99. The third-order valence-corrected chi connectivity index (χ3v) is 2.92. The van der Waals surface area contributed by atoms with Crippen LogP contribution in [0.25, 0.3) is 0 Å². The van der Waals surface area contributed by atoms with E-state index in [1.165, 1.54) is 19.3 Å². The number of nitrogens with zero attached hydrogens (tertiary/aromatic N) is 1. The van der Waals surface area contributed by atoms with E-state index in [9.17, 15) is 4.79 Å². The van der Waals surface area contributed by atoms with Crippen LogP contribution in [0.4, 0.5) is 5.69 Å². The van der Waals surface area contributed by atoms with Gasteiger partial charge in [-0.05, 0) is 30.7 Å². The van der Waals surface area contributed by atoms with Crippen molar-refractivity contribution >= 4 is 11.6 Å². The van der Waals surface area contributed by atoms with Crippen molar-refractivity contribution in [3.05, 3.63) is 29.8 Å². The first-order chi connectivity index (χ1) is 9.76. The van der Waals surface area contributed by atoms with Gasteiger partial charge in [0, 0.05) is 12.3 Å². The molecule has 0 bridgehead atoms. The molecule has 0 unspecified atom stereocenters. The summed E-state index contributed by atoms with van der Waals surface area (Å²) in [6.07, 6.45) is 5.89. The second-order valence-corrected chi connectivity index (χ2v) is 4.70. The summed E-state index contributed by atoms with van der Waals surface area (Å²) in [5, 5.41) is 11.4. The van der Waals surface area contributed by atoms with Gasteiger partial charge in [-0.2, -0.15) is 5.26 Å². The molecule has 0 spiro atoms. The van der Waals surface area contributed by atoms with E-state index in [4.69, 9.17) is 10.00 Å². The van der Waals surface area contributed by atoms with Gasteiger partial charge in [0.2, 0.25) is 5.91 Å². The van der Waals surface area contributed by atoms with Gasteiger partial charge in [-0.1, -0.05) is 32.6 Å². The van der Waals surface area contributed by atoms with E-state index in [1.807, 2.05) is 6.07 Å². The molecule has 1 N–H and O–H groups in total. The summed E-state index contributed by atoms with van der Waals surface area (Å²) in [5.74, 6) is -0.164. The van der Waals surface area contributed by atoms with Gasteiger partial charge in [0.15, 0.2) is 0 Å². The minimum Gasteiger partial charge on any atom is -0.372 e. The summed E-state index contributed by atoms with van der Waals surface area (Å²) in [5.41, 5.74) is 1.26. The molecule has 4 nitrogen and oxygen atoms in total. The van der Waals surface area contributed by atoms with Crippen molar-refractivity contribution in [1.82, 2.24) is 0 Å². The van der Waals surface area contributed by atoms with E-state index in [0.717, 1.165) is 12.8 Å². The first-order valence-corrected chi connectivity index (χ1v) is 7.14. The minimum absolute atomic E-state index is 0.0772. The normalized spacial score (nSPS) is 10.0. The number of carbonyl (C=O) groups excluding carboxylic acids is 1. The maximum absolute atomic E-state index is 11.6. The number of hydrogen-bond acceptors (Lipinski definition) is 3. The lowest BCUT2D eigenvalue weighted by molar-refractivity contribution is -0.120. The van der Waals surface area contributed by atoms with E-state index in [-0.39, 0.29) is 12.5 Å². The van der Waals surface area contributed by atoms with E-state index < -0.39 is 0 Å². The van der Waals surface area contributed by atoms with Crippen molar-refractivity contribution in [2.75, 3.05) is 18.5 Å². The van der Waals surface area contributed by atoms with E-state index in [1.54, 1.807) is 24.3 Å². The average Bonchev–Trinajstić information content (AvgIpc) is 2.47. The Hall–Kier alpha value is -1.86. The van der Waals surface area contributed by atoms with Crippen molar-refractivity contribution in [2.45, 2.75) is 39.0 Å². The van der Waals surface area contributed by atoms with E-state index in [0.29, 0.717) is 17.9 Å². The number of unbranched alkanes of at least 4 members (excludes halogenated alkanes) is 4. The monoisotopic (exact) mass is 274 g/mol. The molecule has 0 aliphatic rings. The predicted octanol–water partition coefficient (Wildman–Crippen LogP) is 3.48. The fourth-order valence-electron chi connectivity index (χ4n) is 1.80. The zero-order chi connectivity index (χ0) is 14.6. The van der Waals surface area contributed by atoms with Crippen molar-refractivity contribution in [2.24, 2.45) is 0 Å². The number of anilines is 1. The van der Waals surface area contributed by atoms with Gasteiger partial charge in [-0.15, -0.1) is 0 Å². The number of rotatable bonds is 9. The highest BCUT2D eigenvalue weighted by molar-refractivity contribution is 5.91. The van der Waals surface area contributed by atoms with Gasteiger partial charge in [0.1, 0.15) is 6.61 Å². The molecule has 108 valence electrons. The summed E-state index contributed by atoms with van der Waals surface area (Å²) < 4.78 is 5.33. The molecule has 0 aliphatic carbocycles. The third kappa shape index (κ3) is 6.91. The summed E-state index contributed by atoms with van der Waals surface area (Å²) in [6.45, 7) is 2.89. The molecule has 0 saturated carbocycles. The van der Waals surface area contributed by atoms with Crippen LogP contribution in [0, 0.1) is 11.3 Å². The van der Waals surface area contributed by atoms with Gasteiger partial charge in [0.05, 0.1) is 11.6 Å². The van der Waals surface area contributed by atoms with Crippen LogP contribution >= 0.6 is 0 Å². The molecular weight excluding hydrogens is 252 g/mol. The van der Waals surface area contributed by atoms with Crippen LogP contribution in [0.3, 0.4) is 0 Å². The number of carbonyl (C=O) groups is 1. The molecule has 1 aromatic rings. The molecule has 0 aliphatic heterocycles. The first kappa shape index (κ1) is 16.2. The SMILES string of the molecule is CCCCCCCOCC(=O)Nc1ccc(C#N)cc1. The molecule has 0 fully saturated rings. The Labute approximate surface area is 120 Å². The van der Waals surface area contributed by atoms with Gasteiger partial charge in [-0.3, -0.25) is 4.79 Å². The quantitative estimate of drug-likeness (QED) is 0.701. The summed E-state index contributed by atoms with van der Waals surface area (Å²) in [6, 6.07) is 8.79. The molecule has 0 radical (unpaired) electrons. The summed E-state index contributed by atoms with van der Waals surface area (Å²) in [4.78, 5) is 11.6. The predicted molar refractivity (Wildman–Crippen MR) is 79.4 cm³/mol. The topological polar surface area (TPSA) is 62.1 Å². The van der Waals surface area contributed by atoms with Crippen molar-refractivity contribution in [3.8, 4) is 6.07 Å². The fourth-order valence-corrected chi connectivity index (χ4v) is 1.80. The molecule has 20 heavy (non-hydrogen) atoms. The summed E-state index contributed by atoms with van der Waals surface area (Å²) >= 11 is 0. The van der Waals surface area contributed by atoms with Crippen LogP contribution in [-0.4, -0.2) is 19.1 Å². The standard InChI is InChI=1S/C16H22N2O2/c1-2-3-4-5-6-11-20-13-16(19)18-15-9-7-14(12-17)8-10-15/h7-10H,2-6,11,13H2,1H3,(H,18,19). The zero-order valence-electron chi connectivity index (χ0n) is 12.0. The minimum atomic E-state index is -0.164. The fraction of sp³-hybridized carbons (Fsp3) is 0.500. The number of amides is 1. The Kier molecular flexibility index (Phi) is 8.09. The smallest absolute Gasteiger partial charge is 0.250 e. The number of hydrogen-bond donors (Lipinski definition) is 1. The molecule has 4 heteroatoms. The van der Waals surface area contributed by atoms with Crippen LogP contribution in [0.1, 0.15) is 44.6 Å². The number of ether oxygens (including phenoxy) is 1. The van der Waals surface area contributed by atoms with Gasteiger partial charge in [-0.25, -0.2) is 0 Å². The van der Waals surface area contributed by atoms with Crippen LogP contribution in [0.5, 0.6) is 0 Å². The number of benzene rings is 1. The maximum Gasteiger partial charge on any atom is 0.250 e. The second-order valence-electron chi connectivity index (χ2n) is 4.70. The van der Waals surface area contributed by atoms with Crippen LogP contribution in [0.2, 0.25) is 0 Å². The van der Waals surface area contributed by atoms with Crippen LogP contribution in [0.15, 0.2) is 24.3 Å². The first-order valence-electron chi connectivity index (χ1n) is 7.14. The molecular formula is C16H22N2O2. The zero-order valence-corrected chi connectivity index (χ0v) is 12.0. The highest BCUT2D eigenvalue weighted by Crippen LogP contribution is 2.08. The van der Waals surface area contributed by atoms with Crippen LogP contribution in [-0.2, 0) is 9.53 Å². The molecule has 1 amide bonds. The van der Waals surface area contributed by atoms with E-state index >= 15 is 0 Å². The van der Waals surface area contributed by atoms with E-state index in [2.05, 4.69) is 12.2 Å². The van der Waals surface area contributed by atoms with Crippen molar-refractivity contribution < 1.29 is 9.53 Å². The van der Waals surface area contributed by atoms with Crippen molar-refractivity contribution in [3.63, 3.8) is 0 Å². The lowest BCUT2D eigenvalue weighted by atomic mass is 10.2. The van der Waals surface area contributed by atoms with Crippen molar-refractivity contribution in [1.29, 1.82) is 5.26 Å². The Balaban J connectivity index is 2.12. The Morgan fingerprint density at radius 1 is 1.20 bits per heavy atom. The molecule has 0 aromatic heterocycles. The molecule has 1 aromatic carbocycles. The lowest BCUT2D eigenvalue weighted by Gasteiger charge is -2.06. The van der Waals surface area contributed by atoms with Crippen LogP contribution < -0.4 is 5.32 Å². The molecule has 0 saturated heterocycles. The van der Waals surface area contributed by atoms with Gasteiger partial charge in [0.25, 0.3) is 0 Å². The average molecular weight is 274 g/mol. The molecule has 1 rings (SSSR count). The summed E-state index contributed by atoms with van der Waals surface area (Å²) in [7, 11) is 0.